The van der Waals surface area contributed by atoms with Gasteiger partial charge in [-0.25, -0.2) is 14.8 Å². The van der Waals surface area contributed by atoms with Crippen LogP contribution in [0.3, 0.4) is 0 Å². The Morgan fingerprint density at radius 3 is 2.80 bits per heavy atom. The predicted octanol–water partition coefficient (Wildman–Crippen LogP) is 1.69. The van der Waals surface area contributed by atoms with Crippen LogP contribution >= 0.6 is 0 Å². The van der Waals surface area contributed by atoms with Crippen molar-refractivity contribution in [3.05, 3.63) is 40.7 Å². The lowest BCUT2D eigenvalue weighted by atomic mass is 10.0. The summed E-state index contributed by atoms with van der Waals surface area (Å²) in [6, 6.07) is 4.89. The monoisotopic (exact) mass is 550 g/mol. The molecular weight excluding hydrogens is 520 g/mol. The van der Waals surface area contributed by atoms with Gasteiger partial charge in [-0.2, -0.15) is 5.26 Å². The van der Waals surface area contributed by atoms with Gasteiger partial charge in [-0.1, -0.05) is 0 Å². The number of aryl methyl sites for hydroxylation is 1. The number of nitrogens with one attached hydrogen (secondary N) is 1. The lowest BCUT2D eigenvalue weighted by Gasteiger charge is -2.29. The average molecular weight is 551 g/mol. The summed E-state index contributed by atoms with van der Waals surface area (Å²) in [7, 11) is 3.07. The molecule has 210 valence electrons. The van der Waals surface area contributed by atoms with Crippen LogP contribution < -0.4 is 15.0 Å². The van der Waals surface area contributed by atoms with Crippen LogP contribution in [0.1, 0.15) is 40.0 Å². The second-order valence-electron chi connectivity index (χ2n) is 9.74. The van der Waals surface area contributed by atoms with Gasteiger partial charge in [0.25, 0.3) is 5.91 Å². The summed E-state index contributed by atoms with van der Waals surface area (Å²) in [6.07, 6.45) is 2.75. The molecule has 2 aromatic rings. The van der Waals surface area contributed by atoms with Gasteiger partial charge in [-0.05, 0) is 24.5 Å². The fraction of sp³-hybridized carbons (Fsp3) is 0.481. The Kier molecular flexibility index (Phi) is 8.20. The fourth-order valence-corrected chi connectivity index (χ4v) is 5.15. The van der Waals surface area contributed by atoms with Crippen molar-refractivity contribution < 1.29 is 33.3 Å². The number of carbonyl (C=O) groups is 3. The highest BCUT2D eigenvalue weighted by atomic mass is 16.6. The van der Waals surface area contributed by atoms with Crippen molar-refractivity contribution in [3.8, 4) is 11.8 Å². The van der Waals surface area contributed by atoms with Gasteiger partial charge in [0.2, 0.25) is 0 Å². The van der Waals surface area contributed by atoms with E-state index in [-0.39, 0.29) is 41.4 Å². The van der Waals surface area contributed by atoms with Crippen molar-refractivity contribution in [3.63, 3.8) is 0 Å². The zero-order valence-electron chi connectivity index (χ0n) is 22.3. The zero-order chi connectivity index (χ0) is 28.2. The molecule has 0 radical (unpaired) electrons. The van der Waals surface area contributed by atoms with Crippen LogP contribution in [0.4, 0.5) is 16.4 Å². The number of hydrogen-bond acceptors (Lipinski definition) is 10. The van der Waals surface area contributed by atoms with E-state index in [1.54, 1.807) is 12.0 Å². The number of urea groups is 1. The molecule has 13 heteroatoms. The van der Waals surface area contributed by atoms with Crippen LogP contribution in [-0.2, 0) is 32.0 Å². The first-order chi connectivity index (χ1) is 19.4. The number of pyridine rings is 2. The molecule has 13 nitrogen and oxygen atoms in total. The first kappa shape index (κ1) is 27.4. The van der Waals surface area contributed by atoms with E-state index in [1.807, 2.05) is 12.1 Å². The highest BCUT2D eigenvalue weighted by Gasteiger charge is 2.33. The van der Waals surface area contributed by atoms with Crippen molar-refractivity contribution in [2.75, 3.05) is 50.7 Å². The molecule has 2 fully saturated rings. The fourth-order valence-electron chi connectivity index (χ4n) is 5.15. The zero-order valence-corrected chi connectivity index (χ0v) is 22.3. The molecule has 5 heterocycles. The number of hydrogen-bond donors (Lipinski definition) is 1. The van der Waals surface area contributed by atoms with Crippen molar-refractivity contribution in [1.82, 2.24) is 14.9 Å². The molecule has 1 N–H and O–H groups in total. The lowest BCUT2D eigenvalue weighted by Crippen LogP contribution is -2.40. The molecule has 0 aliphatic carbocycles. The van der Waals surface area contributed by atoms with Crippen LogP contribution in [-0.4, -0.2) is 91.9 Å². The van der Waals surface area contributed by atoms with E-state index in [0.29, 0.717) is 63.2 Å². The second-order valence-corrected chi connectivity index (χ2v) is 9.74. The van der Waals surface area contributed by atoms with Crippen molar-refractivity contribution in [1.29, 1.82) is 5.26 Å². The Hall–Kier alpha value is -4.12. The van der Waals surface area contributed by atoms with Gasteiger partial charge < -0.3 is 23.8 Å². The van der Waals surface area contributed by atoms with Gasteiger partial charge in [-0.15, -0.1) is 0 Å². The highest BCUT2D eigenvalue weighted by Crippen LogP contribution is 2.30. The smallest absolute Gasteiger partial charge is 0.328 e. The molecule has 0 bridgehead atoms. The Balaban J connectivity index is 1.34. The lowest BCUT2D eigenvalue weighted by molar-refractivity contribution is -0.136. The summed E-state index contributed by atoms with van der Waals surface area (Å²) < 4.78 is 22.0. The third kappa shape index (κ3) is 5.46. The largest absolute Gasteiger partial charge is 0.484 e. The van der Waals surface area contributed by atoms with Gasteiger partial charge in [0.05, 0.1) is 19.4 Å². The average Bonchev–Trinajstić information content (AvgIpc) is 3.57. The third-order valence-electron chi connectivity index (χ3n) is 7.31. The molecule has 2 saturated heterocycles. The van der Waals surface area contributed by atoms with E-state index >= 15 is 0 Å². The molecule has 0 spiro atoms. The van der Waals surface area contributed by atoms with Gasteiger partial charge >= 0.3 is 6.03 Å². The van der Waals surface area contributed by atoms with Gasteiger partial charge in [0.15, 0.2) is 12.4 Å². The van der Waals surface area contributed by atoms with E-state index in [4.69, 9.17) is 18.9 Å². The molecule has 0 aromatic carbocycles. The number of fused-ring (bicyclic) bond motifs is 1. The van der Waals surface area contributed by atoms with Crippen LogP contribution in [0.25, 0.3) is 0 Å². The van der Waals surface area contributed by atoms with Gasteiger partial charge in [0, 0.05) is 51.9 Å². The van der Waals surface area contributed by atoms with E-state index in [1.165, 1.54) is 24.3 Å². The number of amides is 3. The van der Waals surface area contributed by atoms with Crippen molar-refractivity contribution in [2.24, 2.45) is 0 Å². The SMILES string of the molecule is COC1CCN(Cc2cc3c(nc2C=O)N(C(=O)Nc2cc(O[C@H]4COC[C@@H]4OC)c(C#N)cn2)CCC3)C1=O. The minimum Gasteiger partial charge on any atom is -0.484 e. The molecule has 0 saturated carbocycles. The topological polar surface area (TPSA) is 156 Å². The second kappa shape index (κ2) is 12.0. The molecular formula is C27H30N6O7. The summed E-state index contributed by atoms with van der Waals surface area (Å²) in [4.78, 5) is 49.7. The number of carbonyl (C=O) groups excluding carboxylic acids is 3. The van der Waals surface area contributed by atoms with Crippen molar-refractivity contribution in [2.45, 2.75) is 44.1 Å². The Morgan fingerprint density at radius 2 is 2.08 bits per heavy atom. The first-order valence-corrected chi connectivity index (χ1v) is 13.0. The van der Waals surface area contributed by atoms with Crippen LogP contribution in [0.15, 0.2) is 18.3 Å². The highest BCUT2D eigenvalue weighted by molar-refractivity contribution is 6.01. The van der Waals surface area contributed by atoms with Crippen molar-refractivity contribution >= 4 is 29.9 Å². The molecule has 40 heavy (non-hydrogen) atoms. The summed E-state index contributed by atoms with van der Waals surface area (Å²) in [5.41, 5.74) is 1.81. The minimum absolute atomic E-state index is 0.116. The van der Waals surface area contributed by atoms with Gasteiger partial charge in [0.1, 0.15) is 46.9 Å². The van der Waals surface area contributed by atoms with Crippen LogP contribution in [0.5, 0.6) is 5.75 Å². The molecule has 5 rings (SSSR count). The van der Waals surface area contributed by atoms with E-state index in [2.05, 4.69) is 15.3 Å². The predicted molar refractivity (Wildman–Crippen MR) is 140 cm³/mol. The summed E-state index contributed by atoms with van der Waals surface area (Å²) >= 11 is 0. The first-order valence-electron chi connectivity index (χ1n) is 13.0. The molecule has 3 aliphatic heterocycles. The third-order valence-corrected chi connectivity index (χ3v) is 7.31. The maximum absolute atomic E-state index is 13.3. The van der Waals surface area contributed by atoms with Crippen LogP contribution in [0.2, 0.25) is 0 Å². The number of anilines is 2. The summed E-state index contributed by atoms with van der Waals surface area (Å²) in [6.45, 7) is 1.85. The Bertz CT molecular complexity index is 1350. The minimum atomic E-state index is -0.488. The van der Waals surface area contributed by atoms with E-state index < -0.39 is 18.2 Å². The number of ether oxygens (including phenoxy) is 4. The number of nitrogens with zero attached hydrogens (tertiary/aromatic N) is 5. The van der Waals surface area contributed by atoms with Gasteiger partial charge in [-0.3, -0.25) is 19.8 Å². The molecule has 3 aliphatic rings. The quantitative estimate of drug-likeness (QED) is 0.480. The summed E-state index contributed by atoms with van der Waals surface area (Å²) in [5, 5.41) is 12.3. The molecule has 3 amide bonds. The molecule has 2 aromatic heterocycles. The summed E-state index contributed by atoms with van der Waals surface area (Å²) in [5.74, 6) is 0.705. The Labute approximate surface area is 231 Å². The number of aldehydes is 1. The van der Waals surface area contributed by atoms with Crippen LogP contribution in [0, 0.1) is 11.3 Å². The number of rotatable bonds is 8. The number of likely N-dealkylation sites (tertiary alicyclic amines) is 1. The normalized spacial score (nSPS) is 22.1. The number of aromatic nitrogens is 2. The standard InChI is InChI=1S/C27H30N6O7/c1-37-20-5-7-32(26(20)35)12-17-8-16-4-3-6-33(25(16)30-19(17)13-34)27(36)31-24-9-21(18(10-28)11-29-24)40-23-15-39-14-22(23)38-2/h8-9,11,13,20,22-23H,3-7,12,14-15H2,1-2H3,(H,29,31,36)/t20?,22-,23-/m0/s1. The van der Waals surface area contributed by atoms with E-state index in [9.17, 15) is 19.6 Å². The number of methoxy groups -OCH3 is 2. The molecule has 3 atom stereocenters. The Morgan fingerprint density at radius 1 is 1.25 bits per heavy atom. The number of nitriles is 1. The van der Waals surface area contributed by atoms with E-state index in [0.717, 1.165) is 5.56 Å². The maximum Gasteiger partial charge on any atom is 0.328 e. The maximum atomic E-state index is 13.3. The molecule has 1 unspecified atom stereocenters.